The molecule has 1 heterocycles. The summed E-state index contributed by atoms with van der Waals surface area (Å²) in [6.07, 6.45) is -0.309. The van der Waals surface area contributed by atoms with Crippen LogP contribution < -0.4 is 10.1 Å². The van der Waals surface area contributed by atoms with Crippen molar-refractivity contribution in [1.29, 1.82) is 0 Å². The Morgan fingerprint density at radius 3 is 2.45 bits per heavy atom. The molecule has 1 N–H and O–H groups in total. The van der Waals surface area contributed by atoms with Gasteiger partial charge in [0.1, 0.15) is 18.2 Å². The van der Waals surface area contributed by atoms with Crippen molar-refractivity contribution in [3.8, 4) is 5.75 Å². The molecule has 1 aliphatic rings. The number of amides is 3. The molecule has 0 saturated heterocycles. The first kappa shape index (κ1) is 29.1. The molecular weight excluding hydrogens is 491 g/mol. The van der Waals surface area contributed by atoms with Crippen molar-refractivity contribution in [2.45, 2.75) is 26.0 Å². The number of nitrogens with zero attached hydrogens (tertiary/aromatic N) is 3. The second-order valence-corrected chi connectivity index (χ2v) is 10.1. The van der Waals surface area contributed by atoms with E-state index >= 15 is 0 Å². The molecule has 38 heavy (non-hydrogen) atoms. The molecule has 0 unspecified atom stereocenters. The summed E-state index contributed by atoms with van der Waals surface area (Å²) in [6.45, 7) is 5.11. The molecule has 3 amide bonds. The number of hydrogen-bond donors (Lipinski definition) is 1. The lowest BCUT2D eigenvalue weighted by molar-refractivity contribution is -0.136. The molecule has 2 aromatic rings. The van der Waals surface area contributed by atoms with Crippen LogP contribution in [-0.4, -0.2) is 99.1 Å². The van der Waals surface area contributed by atoms with E-state index in [0.29, 0.717) is 24.5 Å². The smallest absolute Gasteiger partial charge is 0.257 e. The van der Waals surface area contributed by atoms with Crippen molar-refractivity contribution in [1.82, 2.24) is 14.7 Å². The third kappa shape index (κ3) is 7.29. The van der Waals surface area contributed by atoms with Crippen LogP contribution in [0.15, 0.2) is 42.5 Å². The van der Waals surface area contributed by atoms with E-state index in [1.54, 1.807) is 42.2 Å². The first-order valence-electron chi connectivity index (χ1n) is 12.6. The lowest BCUT2D eigenvalue weighted by Gasteiger charge is -2.36. The van der Waals surface area contributed by atoms with Gasteiger partial charge in [-0.3, -0.25) is 14.4 Å². The summed E-state index contributed by atoms with van der Waals surface area (Å²) < 4.78 is 25.1. The maximum Gasteiger partial charge on any atom is 0.257 e. The van der Waals surface area contributed by atoms with Gasteiger partial charge < -0.3 is 29.5 Å². The van der Waals surface area contributed by atoms with E-state index in [0.717, 1.165) is 0 Å². The fraction of sp³-hybridized carbons (Fsp3) is 0.464. The van der Waals surface area contributed by atoms with Gasteiger partial charge in [0.2, 0.25) is 5.91 Å². The Morgan fingerprint density at radius 1 is 1.13 bits per heavy atom. The quantitative estimate of drug-likeness (QED) is 0.642. The Hall–Kier alpha value is -3.50. The largest absolute Gasteiger partial charge is 0.491 e. The molecule has 0 spiro atoms. The van der Waals surface area contributed by atoms with E-state index in [1.165, 1.54) is 24.3 Å². The highest BCUT2D eigenvalue weighted by molar-refractivity contribution is 6.05. The fourth-order valence-corrected chi connectivity index (χ4v) is 4.37. The molecule has 0 aromatic heterocycles. The predicted molar refractivity (Wildman–Crippen MR) is 143 cm³/mol. The lowest BCUT2D eigenvalue weighted by atomic mass is 10.0. The van der Waals surface area contributed by atoms with Gasteiger partial charge in [0, 0.05) is 44.4 Å². The molecule has 1 aliphatic heterocycles. The van der Waals surface area contributed by atoms with Gasteiger partial charge in [0.15, 0.2) is 0 Å². The van der Waals surface area contributed by atoms with Gasteiger partial charge >= 0.3 is 0 Å². The summed E-state index contributed by atoms with van der Waals surface area (Å²) in [6, 6.07) is 9.75. The summed E-state index contributed by atoms with van der Waals surface area (Å²) >= 11 is 0. The van der Waals surface area contributed by atoms with Crippen molar-refractivity contribution >= 4 is 23.4 Å². The molecule has 0 saturated carbocycles. The van der Waals surface area contributed by atoms with Gasteiger partial charge in [0.05, 0.1) is 24.3 Å². The summed E-state index contributed by atoms with van der Waals surface area (Å²) in [5.41, 5.74) is 0.945. The number of benzene rings is 2. The first-order chi connectivity index (χ1) is 18.0. The number of anilines is 1. The Bertz CT molecular complexity index is 1140. The standard InChI is InChI=1S/C28H37FN4O5/c1-18-14-33(26(34)16-31(3)4)19(2)17-38-24-12-11-22(30-27(35)20-7-9-21(29)10-8-20)13-23(24)28(36)32(5)15-25(18)37-6/h7-13,18-19,25H,14-17H2,1-6H3,(H,30,35)/t18-,19-,25-/m0/s1. The number of ether oxygens (including phenoxy) is 2. The minimum atomic E-state index is -0.438. The van der Waals surface area contributed by atoms with Gasteiger partial charge in [0.25, 0.3) is 11.8 Å². The minimum absolute atomic E-state index is 0.0200. The highest BCUT2D eigenvalue weighted by atomic mass is 19.1. The number of carbonyl (C=O) groups excluding carboxylic acids is 3. The zero-order valence-electron chi connectivity index (χ0n) is 22.9. The highest BCUT2D eigenvalue weighted by Crippen LogP contribution is 2.27. The number of carbonyl (C=O) groups is 3. The summed E-state index contributed by atoms with van der Waals surface area (Å²) in [5, 5.41) is 2.76. The van der Waals surface area contributed by atoms with Crippen molar-refractivity contribution in [3.63, 3.8) is 0 Å². The van der Waals surface area contributed by atoms with Crippen molar-refractivity contribution in [2.24, 2.45) is 5.92 Å². The predicted octanol–water partition coefficient (Wildman–Crippen LogP) is 2.97. The van der Waals surface area contributed by atoms with E-state index in [2.05, 4.69) is 5.32 Å². The number of halogens is 1. The molecule has 0 bridgehead atoms. The van der Waals surface area contributed by atoms with Crippen LogP contribution in [0.1, 0.15) is 34.6 Å². The number of rotatable bonds is 5. The van der Waals surface area contributed by atoms with Gasteiger partial charge in [-0.1, -0.05) is 6.92 Å². The maximum absolute atomic E-state index is 13.5. The molecule has 2 aromatic carbocycles. The van der Waals surface area contributed by atoms with Crippen LogP contribution in [0.2, 0.25) is 0 Å². The number of likely N-dealkylation sites (N-methyl/N-ethyl adjacent to an activating group) is 2. The second kappa shape index (κ2) is 12.8. The molecule has 0 aliphatic carbocycles. The van der Waals surface area contributed by atoms with E-state index in [4.69, 9.17) is 9.47 Å². The normalized spacial score (nSPS) is 20.7. The Labute approximate surface area is 223 Å². The molecule has 206 valence electrons. The van der Waals surface area contributed by atoms with Crippen LogP contribution in [0.3, 0.4) is 0 Å². The summed E-state index contributed by atoms with van der Waals surface area (Å²) in [7, 11) is 6.97. The van der Waals surface area contributed by atoms with Crippen molar-refractivity contribution in [3.05, 3.63) is 59.4 Å². The Kier molecular flexibility index (Phi) is 9.82. The number of methoxy groups -OCH3 is 1. The van der Waals surface area contributed by atoms with E-state index in [9.17, 15) is 18.8 Å². The monoisotopic (exact) mass is 528 g/mol. The third-order valence-corrected chi connectivity index (χ3v) is 6.58. The fourth-order valence-electron chi connectivity index (χ4n) is 4.37. The molecule has 3 atom stereocenters. The zero-order valence-corrected chi connectivity index (χ0v) is 22.9. The van der Waals surface area contributed by atoms with Gasteiger partial charge in [-0.15, -0.1) is 0 Å². The third-order valence-electron chi connectivity index (χ3n) is 6.58. The van der Waals surface area contributed by atoms with Gasteiger partial charge in [-0.05, 0) is 63.5 Å². The van der Waals surface area contributed by atoms with Crippen molar-refractivity contribution in [2.75, 3.05) is 59.8 Å². The number of hydrogen-bond acceptors (Lipinski definition) is 6. The second-order valence-electron chi connectivity index (χ2n) is 10.1. The van der Waals surface area contributed by atoms with Crippen LogP contribution in [0.4, 0.5) is 10.1 Å². The lowest BCUT2D eigenvalue weighted by Crippen LogP contribution is -2.50. The minimum Gasteiger partial charge on any atom is -0.491 e. The van der Waals surface area contributed by atoms with E-state index < -0.39 is 11.7 Å². The van der Waals surface area contributed by atoms with Crippen LogP contribution in [0.25, 0.3) is 0 Å². The van der Waals surface area contributed by atoms with E-state index in [-0.39, 0.29) is 54.2 Å². The zero-order chi connectivity index (χ0) is 28.0. The van der Waals surface area contributed by atoms with Gasteiger partial charge in [-0.25, -0.2) is 4.39 Å². The van der Waals surface area contributed by atoms with Crippen LogP contribution in [0.5, 0.6) is 5.75 Å². The van der Waals surface area contributed by atoms with Crippen LogP contribution in [-0.2, 0) is 9.53 Å². The SMILES string of the molecule is CO[C@H]1CN(C)C(=O)c2cc(NC(=O)c3ccc(F)cc3)ccc2OC[C@H](C)N(C(=O)CN(C)C)C[C@@H]1C. The molecule has 3 rings (SSSR count). The topological polar surface area (TPSA) is 91.4 Å². The van der Waals surface area contributed by atoms with E-state index in [1.807, 2.05) is 32.8 Å². The molecule has 0 fully saturated rings. The summed E-state index contributed by atoms with van der Waals surface area (Å²) in [5.74, 6) is -0.891. The Morgan fingerprint density at radius 2 is 1.82 bits per heavy atom. The average molecular weight is 529 g/mol. The molecule has 10 heteroatoms. The molecular formula is C28H37FN4O5. The maximum atomic E-state index is 13.5. The van der Waals surface area contributed by atoms with Crippen LogP contribution in [0, 0.1) is 11.7 Å². The van der Waals surface area contributed by atoms with Crippen molar-refractivity contribution < 1.29 is 28.2 Å². The van der Waals surface area contributed by atoms with Crippen LogP contribution >= 0.6 is 0 Å². The number of fused-ring (bicyclic) bond motifs is 1. The molecule has 9 nitrogen and oxygen atoms in total. The Balaban J connectivity index is 1.93. The number of nitrogens with one attached hydrogen (secondary N) is 1. The molecule has 0 radical (unpaired) electrons. The first-order valence-corrected chi connectivity index (χ1v) is 12.6. The highest BCUT2D eigenvalue weighted by Gasteiger charge is 2.30. The summed E-state index contributed by atoms with van der Waals surface area (Å²) in [4.78, 5) is 44.4. The average Bonchev–Trinajstić information content (AvgIpc) is 2.87. The van der Waals surface area contributed by atoms with Gasteiger partial charge in [-0.2, -0.15) is 0 Å².